The molecule has 1 N–H and O–H groups in total. The van der Waals surface area contributed by atoms with Gasteiger partial charge in [-0.1, -0.05) is 41.7 Å². The van der Waals surface area contributed by atoms with Gasteiger partial charge in [0.15, 0.2) is 0 Å². The fraction of sp³-hybridized carbons (Fsp3) is 0.462. The van der Waals surface area contributed by atoms with E-state index in [-0.39, 0.29) is 33.3 Å². The highest BCUT2D eigenvalue weighted by atomic mass is 35.5. The molecule has 0 fully saturated rings. The minimum Gasteiger partial charge on any atom is -0.352 e. The molecular weight excluding hydrogens is 371 g/mol. The maximum atomic E-state index is 12.0. The zero-order valence-corrected chi connectivity index (χ0v) is 15.4. The van der Waals surface area contributed by atoms with E-state index in [2.05, 4.69) is 5.32 Å². The van der Waals surface area contributed by atoms with Crippen molar-refractivity contribution in [1.29, 1.82) is 0 Å². The van der Waals surface area contributed by atoms with Gasteiger partial charge in [-0.3, -0.25) is 9.10 Å². The lowest BCUT2D eigenvalue weighted by Gasteiger charge is -2.24. The first kappa shape index (κ1) is 19.4. The molecule has 9 heteroatoms. The molecule has 1 aromatic rings. The Labute approximate surface area is 145 Å². The maximum absolute atomic E-state index is 12.0. The summed E-state index contributed by atoms with van der Waals surface area (Å²) in [6.07, 6.45) is 1.72. The number of amides is 1. The highest BCUT2D eigenvalue weighted by Gasteiger charge is 2.24. The van der Waals surface area contributed by atoms with Gasteiger partial charge in [0.1, 0.15) is 6.54 Å². The summed E-state index contributed by atoms with van der Waals surface area (Å²) >= 11 is 17.8. The van der Waals surface area contributed by atoms with Gasteiger partial charge in [0.05, 0.1) is 27.0 Å². The van der Waals surface area contributed by atoms with Crippen molar-refractivity contribution >= 4 is 56.4 Å². The summed E-state index contributed by atoms with van der Waals surface area (Å²) in [4.78, 5) is 12.0. The van der Waals surface area contributed by atoms with E-state index in [4.69, 9.17) is 34.8 Å². The average molecular weight is 388 g/mol. The Kier molecular flexibility index (Phi) is 6.80. The Morgan fingerprint density at radius 2 is 1.77 bits per heavy atom. The summed E-state index contributed by atoms with van der Waals surface area (Å²) in [7, 11) is -3.72. The molecule has 5 nitrogen and oxygen atoms in total. The topological polar surface area (TPSA) is 66.5 Å². The number of nitrogens with one attached hydrogen (secondary N) is 1. The van der Waals surface area contributed by atoms with Crippen LogP contribution in [0.5, 0.6) is 0 Å². The van der Waals surface area contributed by atoms with Crippen LogP contribution in [0.4, 0.5) is 5.69 Å². The molecule has 124 valence electrons. The molecule has 0 bridgehead atoms. The van der Waals surface area contributed by atoms with E-state index in [0.717, 1.165) is 17.0 Å². The number of nitrogens with zero attached hydrogens (tertiary/aromatic N) is 1. The molecule has 1 amide bonds. The zero-order valence-electron chi connectivity index (χ0n) is 12.4. The number of sulfonamides is 1. The van der Waals surface area contributed by atoms with Gasteiger partial charge in [0.25, 0.3) is 0 Å². The first-order valence-electron chi connectivity index (χ1n) is 6.47. The van der Waals surface area contributed by atoms with E-state index in [1.165, 1.54) is 12.1 Å². The Morgan fingerprint density at radius 1 is 1.23 bits per heavy atom. The van der Waals surface area contributed by atoms with Gasteiger partial charge >= 0.3 is 0 Å². The van der Waals surface area contributed by atoms with Gasteiger partial charge in [0, 0.05) is 6.04 Å². The van der Waals surface area contributed by atoms with E-state index in [1.54, 1.807) is 0 Å². The second-order valence-corrected chi connectivity index (χ2v) is 7.99. The largest absolute Gasteiger partial charge is 0.352 e. The van der Waals surface area contributed by atoms with Crippen molar-refractivity contribution in [3.05, 3.63) is 27.2 Å². The Balaban J connectivity index is 3.16. The molecule has 22 heavy (non-hydrogen) atoms. The van der Waals surface area contributed by atoms with Crippen LogP contribution >= 0.6 is 34.8 Å². The van der Waals surface area contributed by atoms with Crippen molar-refractivity contribution < 1.29 is 13.2 Å². The van der Waals surface area contributed by atoms with Crippen LogP contribution in [0.15, 0.2) is 12.1 Å². The van der Waals surface area contributed by atoms with Crippen LogP contribution in [-0.4, -0.2) is 33.2 Å². The first-order chi connectivity index (χ1) is 10.1. The molecule has 0 heterocycles. The highest BCUT2D eigenvalue weighted by Crippen LogP contribution is 2.35. The fourth-order valence-corrected chi connectivity index (χ4v) is 3.19. The van der Waals surface area contributed by atoms with Crippen molar-refractivity contribution in [2.24, 2.45) is 0 Å². The van der Waals surface area contributed by atoms with Crippen LogP contribution in [0.2, 0.25) is 15.1 Å². The quantitative estimate of drug-likeness (QED) is 0.761. The van der Waals surface area contributed by atoms with E-state index in [1.807, 2.05) is 13.8 Å². The van der Waals surface area contributed by atoms with E-state index in [0.29, 0.717) is 0 Å². The standard InChI is InChI=1S/C13H17Cl3N2O3S/c1-4-8(2)17-13(19)7-18(22(3,20)21)12-6-10(15)9(14)5-11(12)16/h5-6,8H,4,7H2,1-3H3,(H,17,19)/t8-/m1/s1. The van der Waals surface area contributed by atoms with E-state index < -0.39 is 15.9 Å². The lowest BCUT2D eigenvalue weighted by atomic mass is 10.2. The van der Waals surface area contributed by atoms with Crippen LogP contribution < -0.4 is 9.62 Å². The van der Waals surface area contributed by atoms with Gasteiger partial charge in [-0.05, 0) is 25.5 Å². The molecule has 1 aromatic carbocycles. The van der Waals surface area contributed by atoms with Crippen LogP contribution in [0.1, 0.15) is 20.3 Å². The van der Waals surface area contributed by atoms with Crippen molar-refractivity contribution in [3.8, 4) is 0 Å². The third kappa shape index (κ3) is 5.19. The van der Waals surface area contributed by atoms with Crippen LogP contribution in [0.25, 0.3) is 0 Å². The fourth-order valence-electron chi connectivity index (χ4n) is 1.64. The van der Waals surface area contributed by atoms with Crippen LogP contribution in [-0.2, 0) is 14.8 Å². The number of halogens is 3. The average Bonchev–Trinajstić information content (AvgIpc) is 2.39. The van der Waals surface area contributed by atoms with Gasteiger partial charge in [0.2, 0.25) is 15.9 Å². The van der Waals surface area contributed by atoms with Gasteiger partial charge < -0.3 is 5.32 Å². The predicted octanol–water partition coefficient (Wildman–Crippen LogP) is 3.33. The number of benzene rings is 1. The summed E-state index contributed by atoms with van der Waals surface area (Å²) in [5.41, 5.74) is 0.109. The van der Waals surface area contributed by atoms with Crippen molar-refractivity contribution in [2.45, 2.75) is 26.3 Å². The zero-order chi connectivity index (χ0) is 17.1. The third-order valence-corrected chi connectivity index (χ3v) is 5.12. The molecule has 0 aliphatic heterocycles. The molecule has 0 saturated heterocycles. The predicted molar refractivity (Wildman–Crippen MR) is 91.6 cm³/mol. The van der Waals surface area contributed by atoms with E-state index >= 15 is 0 Å². The lowest BCUT2D eigenvalue weighted by Crippen LogP contribution is -2.43. The van der Waals surface area contributed by atoms with Crippen molar-refractivity contribution in [2.75, 3.05) is 17.1 Å². The summed E-state index contributed by atoms with van der Waals surface area (Å²) in [6, 6.07) is 2.60. The minimum atomic E-state index is -3.72. The summed E-state index contributed by atoms with van der Waals surface area (Å²) in [6.45, 7) is 3.35. The number of carbonyl (C=O) groups excluding carboxylic acids is 1. The SMILES string of the molecule is CC[C@@H](C)NC(=O)CN(c1cc(Cl)c(Cl)cc1Cl)S(C)(=O)=O. The molecule has 0 saturated carbocycles. The van der Waals surface area contributed by atoms with Crippen molar-refractivity contribution in [1.82, 2.24) is 5.32 Å². The van der Waals surface area contributed by atoms with Gasteiger partial charge in [-0.25, -0.2) is 8.42 Å². The van der Waals surface area contributed by atoms with Gasteiger partial charge in [-0.15, -0.1) is 0 Å². The molecular formula is C13H17Cl3N2O3S. The molecule has 0 radical (unpaired) electrons. The molecule has 1 atom stereocenters. The maximum Gasteiger partial charge on any atom is 0.240 e. The van der Waals surface area contributed by atoms with Crippen LogP contribution in [0.3, 0.4) is 0 Å². The number of anilines is 1. The monoisotopic (exact) mass is 386 g/mol. The molecule has 0 unspecified atom stereocenters. The second kappa shape index (κ2) is 7.73. The number of hydrogen-bond acceptors (Lipinski definition) is 3. The molecule has 0 aromatic heterocycles. The Morgan fingerprint density at radius 3 is 2.27 bits per heavy atom. The van der Waals surface area contributed by atoms with Gasteiger partial charge in [-0.2, -0.15) is 0 Å². The first-order valence-corrected chi connectivity index (χ1v) is 9.46. The number of carbonyl (C=O) groups is 1. The second-order valence-electron chi connectivity index (χ2n) is 4.86. The Hall–Kier alpha value is -0.690. The molecule has 1 rings (SSSR count). The van der Waals surface area contributed by atoms with E-state index in [9.17, 15) is 13.2 Å². The molecule has 0 spiro atoms. The normalized spacial score (nSPS) is 12.8. The lowest BCUT2D eigenvalue weighted by molar-refractivity contribution is -0.120. The summed E-state index contributed by atoms with van der Waals surface area (Å²) in [5.74, 6) is -0.429. The third-order valence-electron chi connectivity index (χ3n) is 2.97. The smallest absolute Gasteiger partial charge is 0.240 e. The summed E-state index contributed by atoms with van der Waals surface area (Å²) in [5, 5.41) is 3.15. The Bertz CT molecular complexity index is 665. The summed E-state index contributed by atoms with van der Waals surface area (Å²) < 4.78 is 24.9. The van der Waals surface area contributed by atoms with Crippen LogP contribution in [0, 0.1) is 0 Å². The number of hydrogen-bond donors (Lipinski definition) is 1. The molecule has 0 aliphatic carbocycles. The number of rotatable bonds is 6. The van der Waals surface area contributed by atoms with Crippen molar-refractivity contribution in [3.63, 3.8) is 0 Å². The highest BCUT2D eigenvalue weighted by molar-refractivity contribution is 7.92. The minimum absolute atomic E-state index is 0.0572. The molecule has 0 aliphatic rings.